The molecule has 0 radical (unpaired) electrons. The summed E-state index contributed by atoms with van der Waals surface area (Å²) in [6, 6.07) is 14.1. The highest BCUT2D eigenvalue weighted by molar-refractivity contribution is 8.00. The van der Waals surface area contributed by atoms with Crippen LogP contribution in [-0.4, -0.2) is 7.05 Å². The van der Waals surface area contributed by atoms with Crippen molar-refractivity contribution < 1.29 is 3.89 Å². The quantitative estimate of drug-likeness (QED) is 0.838. The number of hydrogen-bond acceptors (Lipinski definition) is 4. The maximum atomic E-state index is 13.0. The Bertz CT molecular complexity index is 579. The molecule has 0 amide bonds. The fourth-order valence-electron chi connectivity index (χ4n) is 2.11. The Balaban J connectivity index is 1.89. The van der Waals surface area contributed by atoms with Crippen LogP contribution >= 0.6 is 23.9 Å². The molecule has 1 aliphatic rings. The molecule has 0 spiro atoms. The van der Waals surface area contributed by atoms with Gasteiger partial charge in [0.1, 0.15) is 5.37 Å². The Morgan fingerprint density at radius 3 is 2.84 bits per heavy atom. The van der Waals surface area contributed by atoms with Crippen molar-refractivity contribution in [3.05, 3.63) is 48.0 Å². The van der Waals surface area contributed by atoms with Crippen LogP contribution < -0.4 is 10.6 Å². The summed E-state index contributed by atoms with van der Waals surface area (Å²) in [6.07, 6.45) is 0. The first kappa shape index (κ1) is 12.7. The first-order valence-electron chi connectivity index (χ1n) is 5.94. The van der Waals surface area contributed by atoms with Crippen molar-refractivity contribution >= 4 is 35.3 Å². The molecule has 0 fully saturated rings. The molecule has 0 saturated heterocycles. The number of benzene rings is 2. The molecular formula is C14H13FN2S2. The maximum Gasteiger partial charge on any atom is 0.103 e. The lowest BCUT2D eigenvalue weighted by Crippen LogP contribution is -2.02. The highest BCUT2D eigenvalue weighted by atomic mass is 32.2. The van der Waals surface area contributed by atoms with E-state index in [9.17, 15) is 3.89 Å². The van der Waals surface area contributed by atoms with E-state index in [4.69, 9.17) is 0 Å². The van der Waals surface area contributed by atoms with Crippen LogP contribution in [0.5, 0.6) is 0 Å². The number of fused-ring (bicyclic) bond motifs is 1. The first-order valence-corrected chi connectivity index (χ1v) is 7.54. The molecule has 2 aromatic rings. The lowest BCUT2D eigenvalue weighted by atomic mass is 10.2. The topological polar surface area (TPSA) is 24.1 Å². The van der Waals surface area contributed by atoms with Crippen LogP contribution in [0.15, 0.2) is 52.3 Å². The molecule has 0 aromatic heterocycles. The fraction of sp³-hybridized carbons (Fsp3) is 0.143. The molecule has 2 nitrogen and oxygen atoms in total. The molecule has 1 aliphatic heterocycles. The molecule has 5 heteroatoms. The van der Waals surface area contributed by atoms with Gasteiger partial charge in [0.2, 0.25) is 0 Å². The fourth-order valence-corrected chi connectivity index (χ4v) is 3.68. The van der Waals surface area contributed by atoms with Gasteiger partial charge in [-0.05, 0) is 29.8 Å². The van der Waals surface area contributed by atoms with Crippen LogP contribution in [0.3, 0.4) is 0 Å². The zero-order valence-corrected chi connectivity index (χ0v) is 11.9. The van der Waals surface area contributed by atoms with Crippen LogP contribution in [0.1, 0.15) is 10.9 Å². The molecule has 1 heterocycles. The Labute approximate surface area is 120 Å². The number of thioether (sulfide) groups is 1. The van der Waals surface area contributed by atoms with E-state index < -0.39 is 0 Å². The standard InChI is InChI=1S/C14H13FN2S2/c1-16-10-7-6-9(8-13(10)19-15)14-17-11-4-2-3-5-12(11)18-14/h2-8,14,16-17H,1H3. The molecular weight excluding hydrogens is 279 g/mol. The monoisotopic (exact) mass is 292 g/mol. The SMILES string of the molecule is CNc1ccc(C2Nc3ccccc3S2)cc1SF. The normalized spacial score (nSPS) is 16.8. The summed E-state index contributed by atoms with van der Waals surface area (Å²) in [6.45, 7) is 0. The predicted octanol–water partition coefficient (Wildman–Crippen LogP) is 4.92. The summed E-state index contributed by atoms with van der Waals surface area (Å²) in [5, 5.41) is 6.59. The van der Waals surface area contributed by atoms with Crippen molar-refractivity contribution in [2.45, 2.75) is 15.2 Å². The number of rotatable bonds is 3. The molecule has 1 atom stereocenters. The van der Waals surface area contributed by atoms with Gasteiger partial charge in [0.05, 0.1) is 22.7 Å². The van der Waals surface area contributed by atoms with E-state index in [2.05, 4.69) is 22.8 Å². The maximum absolute atomic E-state index is 13.0. The van der Waals surface area contributed by atoms with Crippen molar-refractivity contribution in [1.29, 1.82) is 0 Å². The largest absolute Gasteiger partial charge is 0.387 e. The van der Waals surface area contributed by atoms with Crippen molar-refractivity contribution in [3.8, 4) is 0 Å². The summed E-state index contributed by atoms with van der Waals surface area (Å²) >= 11 is 2.04. The number of hydrogen-bond donors (Lipinski definition) is 2. The van der Waals surface area contributed by atoms with Gasteiger partial charge in [0, 0.05) is 17.6 Å². The van der Waals surface area contributed by atoms with Crippen molar-refractivity contribution in [2.75, 3.05) is 17.7 Å². The summed E-state index contributed by atoms with van der Waals surface area (Å²) in [5.74, 6) is 0. The average molecular weight is 292 g/mol. The third-order valence-corrected chi connectivity index (χ3v) is 4.82. The Morgan fingerprint density at radius 1 is 1.26 bits per heavy atom. The third-order valence-electron chi connectivity index (χ3n) is 3.08. The second-order valence-corrected chi connectivity index (χ2v) is 5.96. The predicted molar refractivity (Wildman–Crippen MR) is 81.6 cm³/mol. The van der Waals surface area contributed by atoms with Crippen LogP contribution in [0.25, 0.3) is 0 Å². The Kier molecular flexibility index (Phi) is 3.57. The zero-order valence-electron chi connectivity index (χ0n) is 10.3. The van der Waals surface area contributed by atoms with E-state index in [1.165, 1.54) is 4.90 Å². The van der Waals surface area contributed by atoms with Crippen molar-refractivity contribution in [2.24, 2.45) is 0 Å². The van der Waals surface area contributed by atoms with Crippen LogP contribution in [0, 0.1) is 0 Å². The van der Waals surface area contributed by atoms with Crippen LogP contribution in [0.4, 0.5) is 15.3 Å². The average Bonchev–Trinajstić information content (AvgIpc) is 2.90. The molecule has 2 aromatic carbocycles. The Hall–Kier alpha value is -1.33. The van der Waals surface area contributed by atoms with E-state index in [0.29, 0.717) is 4.90 Å². The minimum atomic E-state index is 0.147. The van der Waals surface area contributed by atoms with E-state index >= 15 is 0 Å². The van der Waals surface area contributed by atoms with Crippen LogP contribution in [0.2, 0.25) is 0 Å². The van der Waals surface area contributed by atoms with E-state index in [-0.39, 0.29) is 17.5 Å². The van der Waals surface area contributed by atoms with Gasteiger partial charge in [-0.15, -0.1) is 0 Å². The van der Waals surface area contributed by atoms with Gasteiger partial charge in [0.25, 0.3) is 0 Å². The number of nitrogens with one attached hydrogen (secondary N) is 2. The second-order valence-electron chi connectivity index (χ2n) is 4.22. The molecule has 98 valence electrons. The van der Waals surface area contributed by atoms with E-state index in [0.717, 1.165) is 16.9 Å². The summed E-state index contributed by atoms with van der Waals surface area (Å²) < 4.78 is 13.0. The molecule has 0 aliphatic carbocycles. The molecule has 19 heavy (non-hydrogen) atoms. The summed E-state index contributed by atoms with van der Waals surface area (Å²) in [5.41, 5.74) is 3.04. The van der Waals surface area contributed by atoms with Crippen LogP contribution in [-0.2, 0) is 0 Å². The Morgan fingerprint density at radius 2 is 2.11 bits per heavy atom. The molecule has 1 unspecified atom stereocenters. The van der Waals surface area contributed by atoms with Gasteiger partial charge >= 0.3 is 0 Å². The molecule has 3 rings (SSSR count). The number of halogens is 1. The minimum Gasteiger partial charge on any atom is -0.387 e. The molecule has 2 N–H and O–H groups in total. The third kappa shape index (κ3) is 2.40. The number of anilines is 2. The van der Waals surface area contributed by atoms with Crippen molar-refractivity contribution in [3.63, 3.8) is 0 Å². The van der Waals surface area contributed by atoms with E-state index in [1.54, 1.807) is 18.8 Å². The highest BCUT2D eigenvalue weighted by Gasteiger charge is 2.23. The van der Waals surface area contributed by atoms with Crippen molar-refractivity contribution in [1.82, 2.24) is 0 Å². The van der Waals surface area contributed by atoms with Gasteiger partial charge in [-0.3, -0.25) is 0 Å². The summed E-state index contributed by atoms with van der Waals surface area (Å²) in [4.78, 5) is 1.86. The van der Waals surface area contributed by atoms with Gasteiger partial charge in [-0.1, -0.05) is 30.0 Å². The lowest BCUT2D eigenvalue weighted by molar-refractivity contribution is 0.933. The number of para-hydroxylation sites is 1. The smallest absolute Gasteiger partial charge is 0.103 e. The van der Waals surface area contributed by atoms with Gasteiger partial charge in [0.15, 0.2) is 0 Å². The molecule has 0 saturated carbocycles. The van der Waals surface area contributed by atoms with Gasteiger partial charge < -0.3 is 10.6 Å². The minimum absolute atomic E-state index is 0.147. The first-order chi connectivity index (χ1) is 9.31. The highest BCUT2D eigenvalue weighted by Crippen LogP contribution is 2.47. The van der Waals surface area contributed by atoms with Gasteiger partial charge in [-0.25, -0.2) is 0 Å². The van der Waals surface area contributed by atoms with Gasteiger partial charge in [-0.2, -0.15) is 3.89 Å². The summed E-state index contributed by atoms with van der Waals surface area (Å²) in [7, 11) is 1.80. The van der Waals surface area contributed by atoms with E-state index in [1.807, 2.05) is 30.3 Å². The second kappa shape index (κ2) is 5.35. The zero-order chi connectivity index (χ0) is 13.2. The lowest BCUT2D eigenvalue weighted by Gasteiger charge is -2.13. The molecule has 0 bridgehead atoms.